The molecule has 3 aliphatic heterocycles. The number of rotatable bonds is 3. The zero-order valence-corrected chi connectivity index (χ0v) is 12.3. The molecule has 2 atom stereocenters. The molecular weight excluding hydrogens is 248 g/mol. The van der Waals surface area contributed by atoms with E-state index in [0.29, 0.717) is 0 Å². The smallest absolute Gasteiger partial charge is 0.225 e. The third-order valence-electron chi connectivity index (χ3n) is 5.07. The average molecular weight is 272 g/mol. The Bertz CT molecular complexity index is 468. The first kappa shape index (κ1) is 12.6. The van der Waals surface area contributed by atoms with Gasteiger partial charge >= 0.3 is 0 Å². The molecule has 4 heteroatoms. The summed E-state index contributed by atoms with van der Waals surface area (Å²) in [4.78, 5) is 14.3. The molecule has 4 heterocycles. The standard InChI is InChI=1S/C16H24N4/c1-12-6-17-16(18-7-12)20-10-14-4-5-15(11-20)19(9-14)8-13-2-3-13/h6-7,13-15H,2-5,8-11H2,1H3/t14-,15-/m0/s1. The van der Waals surface area contributed by atoms with Gasteiger partial charge in [-0.15, -0.1) is 0 Å². The average Bonchev–Trinajstić information content (AvgIpc) is 3.27. The van der Waals surface area contributed by atoms with Gasteiger partial charge in [0.05, 0.1) is 0 Å². The molecule has 0 N–H and O–H groups in total. The molecule has 108 valence electrons. The van der Waals surface area contributed by atoms with Crippen LogP contribution in [-0.2, 0) is 0 Å². The molecule has 5 rings (SSSR count). The minimum absolute atomic E-state index is 0.722. The maximum Gasteiger partial charge on any atom is 0.225 e. The Morgan fingerprint density at radius 3 is 2.60 bits per heavy atom. The van der Waals surface area contributed by atoms with Gasteiger partial charge in [0, 0.05) is 44.6 Å². The predicted octanol–water partition coefficient (Wildman–Crippen LogP) is 2.10. The summed E-state index contributed by atoms with van der Waals surface area (Å²) in [5, 5.41) is 0. The van der Waals surface area contributed by atoms with Crippen molar-refractivity contribution in [3.8, 4) is 0 Å². The molecule has 0 amide bonds. The zero-order chi connectivity index (χ0) is 13.5. The minimum Gasteiger partial charge on any atom is -0.339 e. The van der Waals surface area contributed by atoms with Crippen LogP contribution in [0.15, 0.2) is 12.4 Å². The molecule has 1 aromatic heterocycles. The summed E-state index contributed by atoms with van der Waals surface area (Å²) in [6.07, 6.45) is 9.54. The summed E-state index contributed by atoms with van der Waals surface area (Å²) >= 11 is 0. The van der Waals surface area contributed by atoms with E-state index in [-0.39, 0.29) is 0 Å². The zero-order valence-electron chi connectivity index (χ0n) is 12.3. The van der Waals surface area contributed by atoms with E-state index in [0.717, 1.165) is 42.5 Å². The van der Waals surface area contributed by atoms with Crippen molar-refractivity contribution < 1.29 is 0 Å². The van der Waals surface area contributed by atoms with Gasteiger partial charge in [-0.1, -0.05) is 0 Å². The first-order chi connectivity index (χ1) is 9.78. The first-order valence-corrected chi connectivity index (χ1v) is 8.05. The van der Waals surface area contributed by atoms with Gasteiger partial charge in [0.25, 0.3) is 0 Å². The molecule has 20 heavy (non-hydrogen) atoms. The van der Waals surface area contributed by atoms with Crippen molar-refractivity contribution in [2.45, 2.75) is 38.6 Å². The number of anilines is 1. The Labute approximate surface area is 121 Å². The lowest BCUT2D eigenvalue weighted by molar-refractivity contribution is 0.128. The van der Waals surface area contributed by atoms with Crippen LogP contribution in [-0.4, -0.2) is 47.1 Å². The van der Waals surface area contributed by atoms with E-state index in [1.54, 1.807) is 0 Å². The van der Waals surface area contributed by atoms with Crippen LogP contribution >= 0.6 is 0 Å². The van der Waals surface area contributed by atoms with Crippen LogP contribution in [0.3, 0.4) is 0 Å². The van der Waals surface area contributed by atoms with Gasteiger partial charge in [-0.25, -0.2) is 9.97 Å². The lowest BCUT2D eigenvalue weighted by atomic mass is 9.95. The Morgan fingerprint density at radius 1 is 1.05 bits per heavy atom. The van der Waals surface area contributed by atoms with E-state index < -0.39 is 0 Å². The summed E-state index contributed by atoms with van der Waals surface area (Å²) in [6.45, 7) is 6.94. The summed E-state index contributed by atoms with van der Waals surface area (Å²) in [7, 11) is 0. The van der Waals surface area contributed by atoms with Gasteiger partial charge in [-0.2, -0.15) is 0 Å². The van der Waals surface area contributed by atoms with E-state index in [4.69, 9.17) is 0 Å². The lowest BCUT2D eigenvalue weighted by Crippen LogP contribution is -2.44. The number of fused-ring (bicyclic) bond motifs is 4. The molecular formula is C16H24N4. The van der Waals surface area contributed by atoms with Gasteiger partial charge in [-0.3, -0.25) is 4.90 Å². The fourth-order valence-corrected chi connectivity index (χ4v) is 3.75. The molecule has 0 aromatic carbocycles. The van der Waals surface area contributed by atoms with Crippen LogP contribution in [0.4, 0.5) is 5.95 Å². The number of hydrogen-bond acceptors (Lipinski definition) is 4. The molecule has 4 fully saturated rings. The van der Waals surface area contributed by atoms with E-state index in [9.17, 15) is 0 Å². The molecule has 4 nitrogen and oxygen atoms in total. The van der Waals surface area contributed by atoms with E-state index in [1.165, 1.54) is 38.8 Å². The summed E-state index contributed by atoms with van der Waals surface area (Å²) < 4.78 is 0. The highest BCUT2D eigenvalue weighted by atomic mass is 15.3. The fourth-order valence-electron chi connectivity index (χ4n) is 3.75. The molecule has 2 bridgehead atoms. The monoisotopic (exact) mass is 272 g/mol. The van der Waals surface area contributed by atoms with Gasteiger partial charge in [0.1, 0.15) is 0 Å². The van der Waals surface area contributed by atoms with Crippen molar-refractivity contribution in [1.82, 2.24) is 14.9 Å². The predicted molar refractivity (Wildman–Crippen MR) is 79.8 cm³/mol. The van der Waals surface area contributed by atoms with Crippen LogP contribution in [0.1, 0.15) is 31.2 Å². The number of aromatic nitrogens is 2. The number of nitrogens with zero attached hydrogens (tertiary/aromatic N) is 4. The molecule has 0 unspecified atom stereocenters. The van der Waals surface area contributed by atoms with Crippen LogP contribution in [0.5, 0.6) is 0 Å². The van der Waals surface area contributed by atoms with Gasteiger partial charge in [0.2, 0.25) is 5.95 Å². The molecule has 0 spiro atoms. The van der Waals surface area contributed by atoms with Crippen molar-refractivity contribution in [3.05, 3.63) is 18.0 Å². The van der Waals surface area contributed by atoms with Crippen LogP contribution < -0.4 is 4.90 Å². The van der Waals surface area contributed by atoms with E-state index in [2.05, 4.69) is 19.8 Å². The van der Waals surface area contributed by atoms with E-state index >= 15 is 0 Å². The highest BCUT2D eigenvalue weighted by molar-refractivity contribution is 5.31. The topological polar surface area (TPSA) is 32.3 Å². The molecule has 4 aliphatic rings. The van der Waals surface area contributed by atoms with Gasteiger partial charge in [-0.05, 0) is 50.0 Å². The second-order valence-electron chi connectivity index (χ2n) is 6.96. The van der Waals surface area contributed by atoms with Crippen molar-refractivity contribution in [2.24, 2.45) is 11.8 Å². The van der Waals surface area contributed by atoms with Crippen LogP contribution in [0.2, 0.25) is 0 Å². The highest BCUT2D eigenvalue weighted by Gasteiger charge is 2.37. The first-order valence-electron chi connectivity index (χ1n) is 8.05. The minimum atomic E-state index is 0.722. The third-order valence-corrected chi connectivity index (χ3v) is 5.07. The largest absolute Gasteiger partial charge is 0.339 e. The third kappa shape index (κ3) is 2.53. The quantitative estimate of drug-likeness (QED) is 0.843. The summed E-state index contributed by atoms with van der Waals surface area (Å²) in [5.41, 5.74) is 1.14. The molecule has 1 aromatic rings. The second kappa shape index (κ2) is 4.99. The molecule has 1 aliphatic carbocycles. The summed E-state index contributed by atoms with van der Waals surface area (Å²) in [5.74, 6) is 2.73. The number of aryl methyl sites for hydroxylation is 1. The fraction of sp³-hybridized carbons (Fsp3) is 0.750. The molecule has 0 radical (unpaired) electrons. The summed E-state index contributed by atoms with van der Waals surface area (Å²) in [6, 6.07) is 0.722. The maximum atomic E-state index is 4.53. The Balaban J connectivity index is 1.51. The second-order valence-corrected chi connectivity index (χ2v) is 6.96. The molecule has 1 saturated carbocycles. The van der Waals surface area contributed by atoms with Crippen LogP contribution in [0.25, 0.3) is 0 Å². The van der Waals surface area contributed by atoms with Crippen molar-refractivity contribution in [2.75, 3.05) is 31.1 Å². The lowest BCUT2D eigenvalue weighted by Gasteiger charge is -2.36. The maximum absolute atomic E-state index is 4.53. The number of piperidine rings is 1. The van der Waals surface area contributed by atoms with E-state index in [1.807, 2.05) is 19.3 Å². The number of hydrogen-bond donors (Lipinski definition) is 0. The van der Waals surface area contributed by atoms with Crippen molar-refractivity contribution >= 4 is 5.95 Å². The van der Waals surface area contributed by atoms with Crippen molar-refractivity contribution in [1.29, 1.82) is 0 Å². The van der Waals surface area contributed by atoms with Crippen LogP contribution in [0, 0.1) is 18.8 Å². The highest BCUT2D eigenvalue weighted by Crippen LogP contribution is 2.35. The Hall–Kier alpha value is -1.16. The Kier molecular flexibility index (Phi) is 3.14. The van der Waals surface area contributed by atoms with Gasteiger partial charge in [0.15, 0.2) is 0 Å². The normalized spacial score (nSPS) is 30.6. The Morgan fingerprint density at radius 2 is 1.85 bits per heavy atom. The van der Waals surface area contributed by atoms with Gasteiger partial charge < -0.3 is 4.90 Å². The molecule has 3 saturated heterocycles. The SMILES string of the molecule is Cc1cnc(N2C[C@H]3CC[C@@H](C2)N(CC2CC2)C3)nc1. The van der Waals surface area contributed by atoms with Crippen molar-refractivity contribution in [3.63, 3.8) is 0 Å².